The highest BCUT2D eigenvalue weighted by molar-refractivity contribution is 7.67. The molecule has 0 bridgehead atoms. The Morgan fingerprint density at radius 3 is 2.14 bits per heavy atom. The summed E-state index contributed by atoms with van der Waals surface area (Å²) in [6, 6.07) is 8.97. The van der Waals surface area contributed by atoms with Crippen LogP contribution in [0.3, 0.4) is 0 Å². The lowest BCUT2D eigenvalue weighted by Crippen LogP contribution is -2.36. The van der Waals surface area contributed by atoms with Crippen molar-refractivity contribution in [3.63, 3.8) is 0 Å². The highest BCUT2D eigenvalue weighted by atomic mass is 31.1. The third-order valence-electron chi connectivity index (χ3n) is 4.31. The molecule has 1 heterocycles. The van der Waals surface area contributed by atoms with E-state index in [-0.39, 0.29) is 7.92 Å². The number of hydrogen-bond acceptors (Lipinski definition) is 0. The van der Waals surface area contributed by atoms with Gasteiger partial charge in [-0.15, -0.1) is 0 Å². The Labute approximate surface area is 88.5 Å². The summed E-state index contributed by atoms with van der Waals surface area (Å²) in [7, 11) is -0.0121. The van der Waals surface area contributed by atoms with Crippen LogP contribution < -0.4 is 5.30 Å². The van der Waals surface area contributed by atoms with Gasteiger partial charge in [0.25, 0.3) is 0 Å². The molecular formula is C13H19P. The van der Waals surface area contributed by atoms with E-state index in [1.54, 1.807) is 10.9 Å². The second-order valence-electron chi connectivity index (χ2n) is 5.26. The maximum absolute atomic E-state index is 2.42. The van der Waals surface area contributed by atoms with E-state index < -0.39 is 0 Å². The molecule has 1 atom stereocenters. The summed E-state index contributed by atoms with van der Waals surface area (Å²) in [4.78, 5) is 0. The summed E-state index contributed by atoms with van der Waals surface area (Å²) in [5, 5.41) is 2.03. The summed E-state index contributed by atoms with van der Waals surface area (Å²) < 4.78 is 0. The van der Waals surface area contributed by atoms with Gasteiger partial charge in [0.1, 0.15) is 0 Å². The van der Waals surface area contributed by atoms with Gasteiger partial charge in [-0.25, -0.2) is 0 Å². The standard InChI is InChI=1S/C13H19P/c1-12(2)10-8-6-7-9-11(10)14(5)13(12,3)4/h6-9H,1-5H3. The molecule has 1 unspecified atom stereocenters. The van der Waals surface area contributed by atoms with Gasteiger partial charge in [0.05, 0.1) is 0 Å². The monoisotopic (exact) mass is 206 g/mol. The van der Waals surface area contributed by atoms with Crippen LogP contribution in [0.5, 0.6) is 0 Å². The Kier molecular flexibility index (Phi) is 2.05. The molecule has 1 aromatic carbocycles. The minimum atomic E-state index is -0.0121. The maximum Gasteiger partial charge on any atom is -0.000401 e. The van der Waals surface area contributed by atoms with Crippen molar-refractivity contribution in [3.05, 3.63) is 29.8 Å². The average Bonchev–Trinajstić information content (AvgIpc) is 2.27. The van der Waals surface area contributed by atoms with Gasteiger partial charge in [-0.1, -0.05) is 59.9 Å². The van der Waals surface area contributed by atoms with Gasteiger partial charge in [-0.3, -0.25) is 0 Å². The Balaban J connectivity index is 2.68. The maximum atomic E-state index is 2.42. The Bertz CT molecular complexity index is 363. The predicted molar refractivity (Wildman–Crippen MR) is 66.0 cm³/mol. The summed E-state index contributed by atoms with van der Waals surface area (Å²) in [5.74, 6) is 0. The molecule has 0 fully saturated rings. The SMILES string of the molecule is CP1c2ccccc2C(C)(C)C1(C)C. The van der Waals surface area contributed by atoms with E-state index in [2.05, 4.69) is 58.6 Å². The van der Waals surface area contributed by atoms with Crippen LogP contribution >= 0.6 is 7.92 Å². The van der Waals surface area contributed by atoms with E-state index in [4.69, 9.17) is 0 Å². The third-order valence-corrected chi connectivity index (χ3v) is 7.66. The van der Waals surface area contributed by atoms with E-state index in [0.717, 1.165) is 0 Å². The van der Waals surface area contributed by atoms with Crippen LogP contribution in [0, 0.1) is 0 Å². The molecule has 76 valence electrons. The highest BCUT2D eigenvalue weighted by Crippen LogP contribution is 2.61. The topological polar surface area (TPSA) is 0 Å². The smallest absolute Gasteiger partial charge is 0.000401 e. The Morgan fingerprint density at radius 1 is 1.00 bits per heavy atom. The molecule has 0 aliphatic carbocycles. The van der Waals surface area contributed by atoms with E-state index in [1.165, 1.54) is 0 Å². The van der Waals surface area contributed by atoms with E-state index in [0.29, 0.717) is 10.6 Å². The lowest BCUT2D eigenvalue weighted by atomic mass is 9.75. The largest absolute Gasteiger partial charge is 0.0715 e. The molecule has 1 heteroatoms. The molecule has 0 radical (unpaired) electrons. The van der Waals surface area contributed by atoms with Crippen LogP contribution in [-0.2, 0) is 5.41 Å². The van der Waals surface area contributed by atoms with Crippen LogP contribution in [0.4, 0.5) is 0 Å². The minimum Gasteiger partial charge on any atom is -0.0715 e. The molecule has 2 rings (SSSR count). The van der Waals surface area contributed by atoms with Gasteiger partial charge in [0, 0.05) is 0 Å². The second-order valence-corrected chi connectivity index (χ2v) is 7.98. The molecule has 0 spiro atoms. The number of rotatable bonds is 0. The normalized spacial score (nSPS) is 27.4. The first-order chi connectivity index (χ1) is 6.39. The first kappa shape index (κ1) is 10.2. The fraction of sp³-hybridized carbons (Fsp3) is 0.538. The third kappa shape index (κ3) is 1.04. The highest BCUT2D eigenvalue weighted by Gasteiger charge is 2.49. The molecule has 0 saturated carbocycles. The summed E-state index contributed by atoms with van der Waals surface area (Å²) in [6.07, 6.45) is 0. The molecule has 1 aliphatic heterocycles. The molecule has 0 N–H and O–H groups in total. The van der Waals surface area contributed by atoms with Gasteiger partial charge in [-0.2, -0.15) is 0 Å². The van der Waals surface area contributed by atoms with Gasteiger partial charge < -0.3 is 0 Å². The minimum absolute atomic E-state index is 0.0121. The van der Waals surface area contributed by atoms with Crippen LogP contribution in [0.2, 0.25) is 0 Å². The zero-order chi connectivity index (χ0) is 10.6. The molecule has 0 amide bonds. The van der Waals surface area contributed by atoms with Crippen molar-refractivity contribution < 1.29 is 0 Å². The van der Waals surface area contributed by atoms with E-state index in [9.17, 15) is 0 Å². The van der Waals surface area contributed by atoms with Crippen LogP contribution in [0.1, 0.15) is 33.3 Å². The fourth-order valence-corrected chi connectivity index (χ4v) is 4.93. The van der Waals surface area contributed by atoms with E-state index >= 15 is 0 Å². The zero-order valence-corrected chi connectivity index (χ0v) is 10.7. The molecule has 0 aromatic heterocycles. The van der Waals surface area contributed by atoms with Gasteiger partial charge in [0.2, 0.25) is 0 Å². The van der Waals surface area contributed by atoms with Gasteiger partial charge in [-0.05, 0) is 28.1 Å². The molecule has 1 aliphatic rings. The number of hydrogen-bond donors (Lipinski definition) is 0. The Hall–Kier alpha value is -0.350. The van der Waals surface area contributed by atoms with Crippen LogP contribution in [-0.4, -0.2) is 11.8 Å². The first-order valence-corrected chi connectivity index (χ1v) is 7.01. The molecule has 1 aromatic rings. The zero-order valence-electron chi connectivity index (χ0n) is 9.76. The number of fused-ring (bicyclic) bond motifs is 1. The van der Waals surface area contributed by atoms with Crippen molar-refractivity contribution in [2.24, 2.45) is 0 Å². The lowest BCUT2D eigenvalue weighted by molar-refractivity contribution is 0.419. The number of benzene rings is 1. The van der Waals surface area contributed by atoms with Crippen molar-refractivity contribution in [2.45, 2.75) is 38.3 Å². The van der Waals surface area contributed by atoms with Crippen molar-refractivity contribution in [3.8, 4) is 0 Å². The summed E-state index contributed by atoms with van der Waals surface area (Å²) >= 11 is 0. The van der Waals surface area contributed by atoms with Crippen molar-refractivity contribution in [2.75, 3.05) is 6.66 Å². The first-order valence-electron chi connectivity index (χ1n) is 5.22. The van der Waals surface area contributed by atoms with E-state index in [1.807, 2.05) is 0 Å². The summed E-state index contributed by atoms with van der Waals surface area (Å²) in [5.41, 5.74) is 1.89. The Morgan fingerprint density at radius 2 is 1.57 bits per heavy atom. The van der Waals surface area contributed by atoms with Crippen LogP contribution in [0.25, 0.3) is 0 Å². The molecule has 0 saturated heterocycles. The predicted octanol–water partition coefficient (Wildman–Crippen LogP) is 3.49. The van der Waals surface area contributed by atoms with Gasteiger partial charge >= 0.3 is 0 Å². The summed E-state index contributed by atoms with van der Waals surface area (Å²) in [6.45, 7) is 12.0. The molecule has 14 heavy (non-hydrogen) atoms. The lowest BCUT2D eigenvalue weighted by Gasteiger charge is -2.38. The van der Waals surface area contributed by atoms with Crippen LogP contribution in [0.15, 0.2) is 24.3 Å². The van der Waals surface area contributed by atoms with Crippen molar-refractivity contribution in [1.82, 2.24) is 0 Å². The quantitative estimate of drug-likeness (QED) is 0.570. The van der Waals surface area contributed by atoms with Crippen molar-refractivity contribution in [1.29, 1.82) is 0 Å². The van der Waals surface area contributed by atoms with Gasteiger partial charge in [0.15, 0.2) is 0 Å². The fourth-order valence-electron chi connectivity index (χ4n) is 2.34. The second kappa shape index (κ2) is 2.83. The molecule has 0 nitrogen and oxygen atoms in total. The van der Waals surface area contributed by atoms with Crippen molar-refractivity contribution >= 4 is 13.2 Å². The molecular weight excluding hydrogens is 187 g/mol. The average molecular weight is 206 g/mol.